The number of rotatable bonds is 4. The second kappa shape index (κ2) is 6.96. The van der Waals surface area contributed by atoms with Gasteiger partial charge in [-0.3, -0.25) is 4.90 Å². The molecule has 0 saturated carbocycles. The Morgan fingerprint density at radius 2 is 1.57 bits per heavy atom. The van der Waals surface area contributed by atoms with Crippen LogP contribution in [0.15, 0.2) is 30.3 Å². The highest BCUT2D eigenvalue weighted by Gasteiger charge is 2.19. The van der Waals surface area contributed by atoms with E-state index in [2.05, 4.69) is 31.9 Å². The molecule has 0 amide bonds. The van der Waals surface area contributed by atoms with Crippen molar-refractivity contribution in [2.75, 3.05) is 38.2 Å². The van der Waals surface area contributed by atoms with Crippen LogP contribution in [0.3, 0.4) is 0 Å². The van der Waals surface area contributed by atoms with Gasteiger partial charge in [-0.1, -0.05) is 12.1 Å². The SMILES string of the molecule is COc1ccc(CN2CCN(c3nc(C)cc(C)n3)CC2)cc1. The van der Waals surface area contributed by atoms with Crippen LogP contribution in [-0.4, -0.2) is 48.2 Å². The maximum absolute atomic E-state index is 5.21. The molecule has 0 radical (unpaired) electrons. The molecule has 2 heterocycles. The number of ether oxygens (including phenoxy) is 1. The minimum atomic E-state index is 0.867. The van der Waals surface area contributed by atoms with E-state index in [4.69, 9.17) is 4.74 Å². The van der Waals surface area contributed by atoms with Crippen LogP contribution in [0.4, 0.5) is 5.95 Å². The Kier molecular flexibility index (Phi) is 4.76. The van der Waals surface area contributed by atoms with Gasteiger partial charge in [-0.25, -0.2) is 9.97 Å². The van der Waals surface area contributed by atoms with E-state index in [0.29, 0.717) is 0 Å². The molecule has 1 aliphatic rings. The Bertz CT molecular complexity index is 628. The Labute approximate surface area is 137 Å². The van der Waals surface area contributed by atoms with E-state index in [1.165, 1.54) is 5.56 Å². The summed E-state index contributed by atoms with van der Waals surface area (Å²) < 4.78 is 5.21. The minimum Gasteiger partial charge on any atom is -0.497 e. The van der Waals surface area contributed by atoms with Crippen molar-refractivity contribution >= 4 is 5.95 Å². The van der Waals surface area contributed by atoms with Crippen LogP contribution in [-0.2, 0) is 6.54 Å². The van der Waals surface area contributed by atoms with Crippen LogP contribution in [0.25, 0.3) is 0 Å². The van der Waals surface area contributed by atoms with Crippen LogP contribution in [0.5, 0.6) is 5.75 Å². The molecule has 5 nitrogen and oxygen atoms in total. The molecule has 1 aliphatic heterocycles. The number of aryl methyl sites for hydroxylation is 2. The van der Waals surface area contributed by atoms with Crippen LogP contribution < -0.4 is 9.64 Å². The highest BCUT2D eigenvalue weighted by atomic mass is 16.5. The van der Waals surface area contributed by atoms with Crippen molar-refractivity contribution in [2.45, 2.75) is 20.4 Å². The summed E-state index contributed by atoms with van der Waals surface area (Å²) in [5, 5.41) is 0. The van der Waals surface area contributed by atoms with Crippen molar-refractivity contribution in [1.29, 1.82) is 0 Å². The van der Waals surface area contributed by atoms with E-state index in [-0.39, 0.29) is 0 Å². The van der Waals surface area contributed by atoms with Gasteiger partial charge in [0, 0.05) is 44.1 Å². The second-order valence-electron chi connectivity index (χ2n) is 6.06. The summed E-state index contributed by atoms with van der Waals surface area (Å²) in [7, 11) is 1.70. The van der Waals surface area contributed by atoms with Gasteiger partial charge in [0.15, 0.2) is 0 Å². The predicted molar refractivity (Wildman–Crippen MR) is 92.0 cm³/mol. The van der Waals surface area contributed by atoms with Crippen molar-refractivity contribution in [3.8, 4) is 5.75 Å². The number of aromatic nitrogens is 2. The molecule has 0 unspecified atom stereocenters. The Balaban J connectivity index is 1.57. The van der Waals surface area contributed by atoms with E-state index >= 15 is 0 Å². The summed E-state index contributed by atoms with van der Waals surface area (Å²) >= 11 is 0. The highest BCUT2D eigenvalue weighted by Crippen LogP contribution is 2.16. The van der Waals surface area contributed by atoms with Crippen LogP contribution in [0.1, 0.15) is 17.0 Å². The third-order valence-corrected chi connectivity index (χ3v) is 4.19. The van der Waals surface area contributed by atoms with Gasteiger partial charge in [-0.15, -0.1) is 0 Å². The van der Waals surface area contributed by atoms with Crippen LogP contribution in [0.2, 0.25) is 0 Å². The third kappa shape index (κ3) is 3.99. The summed E-state index contributed by atoms with van der Waals surface area (Å²) in [4.78, 5) is 13.9. The van der Waals surface area contributed by atoms with E-state index in [1.807, 2.05) is 32.0 Å². The zero-order chi connectivity index (χ0) is 16.2. The maximum Gasteiger partial charge on any atom is 0.225 e. The van der Waals surface area contributed by atoms with E-state index in [1.54, 1.807) is 7.11 Å². The average molecular weight is 312 g/mol. The lowest BCUT2D eigenvalue weighted by atomic mass is 10.2. The average Bonchev–Trinajstić information content (AvgIpc) is 2.55. The number of hydrogen-bond acceptors (Lipinski definition) is 5. The second-order valence-corrected chi connectivity index (χ2v) is 6.06. The molecular weight excluding hydrogens is 288 g/mol. The minimum absolute atomic E-state index is 0.867. The molecule has 1 aromatic heterocycles. The zero-order valence-electron chi connectivity index (χ0n) is 14.1. The molecule has 3 rings (SSSR count). The van der Waals surface area contributed by atoms with Gasteiger partial charge in [0.1, 0.15) is 5.75 Å². The number of anilines is 1. The summed E-state index contributed by atoms with van der Waals surface area (Å²) in [5.74, 6) is 1.78. The first-order valence-electron chi connectivity index (χ1n) is 8.06. The molecule has 1 aromatic carbocycles. The smallest absolute Gasteiger partial charge is 0.225 e. The molecule has 122 valence electrons. The number of piperazine rings is 1. The van der Waals surface area contributed by atoms with Gasteiger partial charge < -0.3 is 9.64 Å². The van der Waals surface area contributed by atoms with E-state index in [0.717, 1.165) is 55.8 Å². The first kappa shape index (κ1) is 15.7. The van der Waals surface area contributed by atoms with Gasteiger partial charge in [0.05, 0.1) is 7.11 Å². The third-order valence-electron chi connectivity index (χ3n) is 4.19. The zero-order valence-corrected chi connectivity index (χ0v) is 14.1. The molecule has 0 spiro atoms. The lowest BCUT2D eigenvalue weighted by Crippen LogP contribution is -2.46. The summed E-state index contributed by atoms with van der Waals surface area (Å²) in [6.07, 6.45) is 0. The van der Waals surface area contributed by atoms with Crippen LogP contribution in [0, 0.1) is 13.8 Å². The topological polar surface area (TPSA) is 41.5 Å². The molecule has 23 heavy (non-hydrogen) atoms. The van der Waals surface area contributed by atoms with Crippen molar-refractivity contribution in [1.82, 2.24) is 14.9 Å². The normalized spacial score (nSPS) is 15.7. The number of methoxy groups -OCH3 is 1. The Morgan fingerprint density at radius 1 is 0.957 bits per heavy atom. The fourth-order valence-corrected chi connectivity index (χ4v) is 2.94. The van der Waals surface area contributed by atoms with Gasteiger partial charge in [0.2, 0.25) is 5.95 Å². The highest BCUT2D eigenvalue weighted by molar-refractivity contribution is 5.33. The van der Waals surface area contributed by atoms with Gasteiger partial charge in [0.25, 0.3) is 0 Å². The molecule has 0 atom stereocenters. The number of hydrogen-bond donors (Lipinski definition) is 0. The molecule has 5 heteroatoms. The lowest BCUT2D eigenvalue weighted by Gasteiger charge is -2.34. The molecule has 0 N–H and O–H groups in total. The maximum atomic E-state index is 5.21. The monoisotopic (exact) mass is 312 g/mol. The summed E-state index contributed by atoms with van der Waals surface area (Å²) in [6.45, 7) is 9.03. The Hall–Kier alpha value is -2.14. The molecule has 0 aliphatic carbocycles. The molecule has 1 saturated heterocycles. The van der Waals surface area contributed by atoms with E-state index < -0.39 is 0 Å². The summed E-state index contributed by atoms with van der Waals surface area (Å²) in [5.41, 5.74) is 3.39. The molecule has 1 fully saturated rings. The number of benzene rings is 1. The quantitative estimate of drug-likeness (QED) is 0.867. The Morgan fingerprint density at radius 3 is 2.13 bits per heavy atom. The first-order valence-corrected chi connectivity index (χ1v) is 8.06. The van der Waals surface area contributed by atoms with Crippen molar-refractivity contribution in [3.63, 3.8) is 0 Å². The standard InChI is InChI=1S/C18H24N4O/c1-14-12-15(2)20-18(19-14)22-10-8-21(9-11-22)13-16-4-6-17(23-3)7-5-16/h4-7,12H,8-11,13H2,1-3H3. The van der Waals surface area contributed by atoms with Crippen LogP contribution >= 0.6 is 0 Å². The molecular formula is C18H24N4O. The fraction of sp³-hybridized carbons (Fsp3) is 0.444. The van der Waals surface area contributed by atoms with Gasteiger partial charge >= 0.3 is 0 Å². The fourth-order valence-electron chi connectivity index (χ4n) is 2.94. The van der Waals surface area contributed by atoms with Crippen molar-refractivity contribution in [3.05, 3.63) is 47.3 Å². The summed E-state index contributed by atoms with van der Waals surface area (Å²) in [6, 6.07) is 10.3. The largest absolute Gasteiger partial charge is 0.497 e. The number of nitrogens with zero attached hydrogens (tertiary/aromatic N) is 4. The first-order chi connectivity index (χ1) is 11.1. The van der Waals surface area contributed by atoms with Crippen molar-refractivity contribution in [2.24, 2.45) is 0 Å². The predicted octanol–water partition coefficient (Wildman–Crippen LogP) is 2.42. The van der Waals surface area contributed by atoms with E-state index in [9.17, 15) is 0 Å². The van der Waals surface area contributed by atoms with Gasteiger partial charge in [-0.05, 0) is 37.6 Å². The van der Waals surface area contributed by atoms with Crippen molar-refractivity contribution < 1.29 is 4.74 Å². The molecule has 2 aromatic rings. The lowest BCUT2D eigenvalue weighted by molar-refractivity contribution is 0.248. The molecule has 0 bridgehead atoms. The van der Waals surface area contributed by atoms with Gasteiger partial charge in [-0.2, -0.15) is 0 Å².